The number of carbonyl (C=O) groups excluding carboxylic acids is 1. The summed E-state index contributed by atoms with van der Waals surface area (Å²) in [5.74, 6) is 0.00289. The Bertz CT molecular complexity index is 1160. The van der Waals surface area contributed by atoms with Gasteiger partial charge >= 0.3 is 0 Å². The van der Waals surface area contributed by atoms with Gasteiger partial charge in [-0.3, -0.25) is 4.79 Å². The monoisotopic (exact) mass is 451 g/mol. The van der Waals surface area contributed by atoms with E-state index in [-0.39, 0.29) is 18.0 Å². The van der Waals surface area contributed by atoms with Crippen molar-refractivity contribution in [3.05, 3.63) is 95.6 Å². The second kappa shape index (κ2) is 10.7. The Balaban J connectivity index is 1.77. The minimum atomic E-state index is -3.94. The normalized spacial score (nSPS) is 11.6. The first kappa shape index (κ1) is 23.2. The first-order valence-electron chi connectivity index (χ1n) is 9.95. The lowest BCUT2D eigenvalue weighted by atomic mass is 10.2. The standard InChI is InChI=1S/C24H25N3O4S/c1-19-8-10-20(11-9-19)16-25-26-24(28)18-27(17-21-6-4-3-5-7-21)32(29,30)23-14-12-22(31-2)13-15-23/h3-16H,17-18H2,1-2H3,(H,26,28)/b25-16-. The van der Waals surface area contributed by atoms with Crippen molar-refractivity contribution in [1.29, 1.82) is 0 Å². The van der Waals surface area contributed by atoms with Crippen molar-refractivity contribution in [3.63, 3.8) is 0 Å². The minimum absolute atomic E-state index is 0.0459. The topological polar surface area (TPSA) is 88.1 Å². The van der Waals surface area contributed by atoms with Gasteiger partial charge in [-0.05, 0) is 42.3 Å². The van der Waals surface area contributed by atoms with Crippen LogP contribution in [0.4, 0.5) is 0 Å². The van der Waals surface area contributed by atoms with Crippen LogP contribution < -0.4 is 10.2 Å². The van der Waals surface area contributed by atoms with E-state index in [1.54, 1.807) is 12.1 Å². The number of nitrogens with one attached hydrogen (secondary N) is 1. The van der Waals surface area contributed by atoms with E-state index in [1.165, 1.54) is 25.5 Å². The Morgan fingerprint density at radius 3 is 2.28 bits per heavy atom. The Morgan fingerprint density at radius 2 is 1.66 bits per heavy atom. The highest BCUT2D eigenvalue weighted by molar-refractivity contribution is 7.89. The lowest BCUT2D eigenvalue weighted by molar-refractivity contribution is -0.121. The van der Waals surface area contributed by atoms with Gasteiger partial charge in [-0.2, -0.15) is 9.41 Å². The van der Waals surface area contributed by atoms with Crippen LogP contribution in [-0.4, -0.2) is 38.5 Å². The number of aryl methyl sites for hydroxylation is 1. The summed E-state index contributed by atoms with van der Waals surface area (Å²) < 4.78 is 32.8. The lowest BCUT2D eigenvalue weighted by Gasteiger charge is -2.21. The molecule has 3 aromatic carbocycles. The molecule has 0 bridgehead atoms. The van der Waals surface area contributed by atoms with Gasteiger partial charge in [-0.25, -0.2) is 13.8 Å². The molecule has 8 heteroatoms. The molecule has 1 amide bonds. The molecule has 1 N–H and O–H groups in total. The molecule has 0 heterocycles. The van der Waals surface area contributed by atoms with Crippen molar-refractivity contribution >= 4 is 22.1 Å². The van der Waals surface area contributed by atoms with Gasteiger partial charge in [0.2, 0.25) is 10.0 Å². The summed E-state index contributed by atoms with van der Waals surface area (Å²) in [6, 6.07) is 22.8. The number of nitrogens with zero attached hydrogens (tertiary/aromatic N) is 2. The highest BCUT2D eigenvalue weighted by atomic mass is 32.2. The Labute approximate surface area is 188 Å². The summed E-state index contributed by atoms with van der Waals surface area (Å²) in [5.41, 5.74) is 5.11. The van der Waals surface area contributed by atoms with E-state index in [2.05, 4.69) is 10.5 Å². The zero-order valence-electron chi connectivity index (χ0n) is 17.9. The fraction of sp³-hybridized carbons (Fsp3) is 0.167. The van der Waals surface area contributed by atoms with Gasteiger partial charge in [0.15, 0.2) is 0 Å². The molecule has 0 aliphatic rings. The van der Waals surface area contributed by atoms with Crippen LogP contribution in [0.1, 0.15) is 16.7 Å². The molecule has 3 rings (SSSR count). The van der Waals surface area contributed by atoms with Crippen LogP contribution in [0.3, 0.4) is 0 Å². The van der Waals surface area contributed by atoms with Crippen molar-refractivity contribution in [1.82, 2.24) is 9.73 Å². The Morgan fingerprint density at radius 1 is 1.00 bits per heavy atom. The third kappa shape index (κ3) is 6.26. The Kier molecular flexibility index (Phi) is 7.75. The molecule has 0 unspecified atom stereocenters. The van der Waals surface area contributed by atoms with E-state index in [4.69, 9.17) is 4.74 Å². The van der Waals surface area contributed by atoms with Crippen LogP contribution >= 0.6 is 0 Å². The maximum absolute atomic E-state index is 13.3. The molecule has 166 valence electrons. The Hall–Kier alpha value is -3.49. The molecule has 32 heavy (non-hydrogen) atoms. The van der Waals surface area contributed by atoms with E-state index in [0.29, 0.717) is 5.75 Å². The van der Waals surface area contributed by atoms with Crippen LogP contribution in [0.25, 0.3) is 0 Å². The number of hydrogen-bond donors (Lipinski definition) is 1. The van der Waals surface area contributed by atoms with Gasteiger partial charge in [0.1, 0.15) is 5.75 Å². The zero-order valence-corrected chi connectivity index (χ0v) is 18.7. The summed E-state index contributed by atoms with van der Waals surface area (Å²) in [7, 11) is -2.43. The number of rotatable bonds is 9. The van der Waals surface area contributed by atoms with Gasteiger partial charge in [0, 0.05) is 6.54 Å². The lowest BCUT2D eigenvalue weighted by Crippen LogP contribution is -2.39. The molecule has 0 fully saturated rings. The van der Waals surface area contributed by atoms with Gasteiger partial charge in [0.25, 0.3) is 5.91 Å². The maximum Gasteiger partial charge on any atom is 0.255 e. The number of benzene rings is 3. The van der Waals surface area contributed by atoms with Gasteiger partial charge < -0.3 is 4.74 Å². The third-order valence-electron chi connectivity index (χ3n) is 4.70. The van der Waals surface area contributed by atoms with Crippen LogP contribution in [0, 0.1) is 6.92 Å². The highest BCUT2D eigenvalue weighted by Gasteiger charge is 2.27. The number of carbonyl (C=O) groups is 1. The van der Waals surface area contributed by atoms with Crippen molar-refractivity contribution in [2.24, 2.45) is 5.10 Å². The molecule has 0 atom stereocenters. The summed E-state index contributed by atoms with van der Waals surface area (Å²) in [6.45, 7) is 1.64. The van der Waals surface area contributed by atoms with Gasteiger partial charge in [0.05, 0.1) is 24.8 Å². The van der Waals surface area contributed by atoms with E-state index < -0.39 is 15.9 Å². The van der Waals surface area contributed by atoms with Crippen LogP contribution in [0.15, 0.2) is 88.9 Å². The number of ether oxygens (including phenoxy) is 1. The average molecular weight is 452 g/mol. The van der Waals surface area contributed by atoms with Crippen LogP contribution in [0.2, 0.25) is 0 Å². The fourth-order valence-electron chi connectivity index (χ4n) is 2.94. The first-order chi connectivity index (χ1) is 15.4. The number of amides is 1. The third-order valence-corrected chi connectivity index (χ3v) is 6.51. The predicted molar refractivity (Wildman–Crippen MR) is 124 cm³/mol. The van der Waals surface area contributed by atoms with E-state index in [9.17, 15) is 13.2 Å². The number of hydrazone groups is 1. The second-order valence-electron chi connectivity index (χ2n) is 7.14. The highest BCUT2D eigenvalue weighted by Crippen LogP contribution is 2.21. The molecule has 0 saturated heterocycles. The fourth-order valence-corrected chi connectivity index (χ4v) is 4.32. The number of methoxy groups -OCH3 is 1. The molecule has 0 aliphatic carbocycles. The van der Waals surface area contributed by atoms with E-state index in [0.717, 1.165) is 21.0 Å². The molecule has 0 aliphatic heterocycles. The van der Waals surface area contributed by atoms with E-state index >= 15 is 0 Å². The maximum atomic E-state index is 13.3. The molecule has 0 radical (unpaired) electrons. The summed E-state index contributed by atoms with van der Waals surface area (Å²) in [6.07, 6.45) is 1.51. The minimum Gasteiger partial charge on any atom is -0.497 e. The van der Waals surface area contributed by atoms with Crippen molar-refractivity contribution in [2.75, 3.05) is 13.7 Å². The summed E-state index contributed by atoms with van der Waals surface area (Å²) in [4.78, 5) is 12.6. The smallest absolute Gasteiger partial charge is 0.255 e. The summed E-state index contributed by atoms with van der Waals surface area (Å²) in [5, 5.41) is 3.95. The second-order valence-corrected chi connectivity index (χ2v) is 9.08. The number of sulfonamides is 1. The van der Waals surface area contributed by atoms with Crippen molar-refractivity contribution in [2.45, 2.75) is 18.4 Å². The molecular weight excluding hydrogens is 426 g/mol. The first-order valence-corrected chi connectivity index (χ1v) is 11.4. The van der Waals surface area contributed by atoms with Crippen LogP contribution in [0.5, 0.6) is 5.75 Å². The van der Waals surface area contributed by atoms with Gasteiger partial charge in [-0.1, -0.05) is 60.2 Å². The van der Waals surface area contributed by atoms with Crippen LogP contribution in [-0.2, 0) is 21.4 Å². The molecule has 0 spiro atoms. The zero-order chi connectivity index (χ0) is 23.0. The van der Waals surface area contributed by atoms with E-state index in [1.807, 2.05) is 61.5 Å². The van der Waals surface area contributed by atoms with Crippen molar-refractivity contribution in [3.8, 4) is 5.75 Å². The van der Waals surface area contributed by atoms with Crippen molar-refractivity contribution < 1.29 is 17.9 Å². The predicted octanol–water partition coefficient (Wildman–Crippen LogP) is 3.34. The number of hydrogen-bond acceptors (Lipinski definition) is 5. The van der Waals surface area contributed by atoms with Gasteiger partial charge in [-0.15, -0.1) is 0 Å². The SMILES string of the molecule is COc1ccc(S(=O)(=O)N(CC(=O)N/N=C\c2ccc(C)cc2)Cc2ccccc2)cc1. The average Bonchev–Trinajstić information content (AvgIpc) is 2.80. The summed E-state index contributed by atoms with van der Waals surface area (Å²) >= 11 is 0. The molecule has 0 aromatic heterocycles. The quantitative estimate of drug-likeness (QED) is 0.399. The molecule has 3 aromatic rings. The molecule has 0 saturated carbocycles. The molecular formula is C24H25N3O4S. The molecule has 7 nitrogen and oxygen atoms in total. The largest absolute Gasteiger partial charge is 0.497 e.